The number of aliphatic hydroxyl groups is 1. The zero-order valence-corrected chi connectivity index (χ0v) is 6.79. The Labute approximate surface area is 70.0 Å². The second-order valence-corrected chi connectivity index (χ2v) is 3.49. The molecule has 0 saturated heterocycles. The van der Waals surface area contributed by atoms with Crippen molar-refractivity contribution in [3.63, 3.8) is 0 Å². The van der Waals surface area contributed by atoms with E-state index in [1.165, 1.54) is 0 Å². The summed E-state index contributed by atoms with van der Waals surface area (Å²) >= 11 is 5.69. The van der Waals surface area contributed by atoms with Crippen molar-refractivity contribution in [2.24, 2.45) is 5.92 Å². The molecular formula is C7H11ClO3. The normalized spacial score (nSPS) is 38.5. The SMILES string of the molecule is O=C(O)[C@@H]1CC[C@@H](O)[C@H](Cl)C1. The topological polar surface area (TPSA) is 57.5 Å². The fraction of sp³-hybridized carbons (Fsp3) is 0.857. The molecule has 4 heteroatoms. The van der Waals surface area contributed by atoms with E-state index in [1.54, 1.807) is 0 Å². The van der Waals surface area contributed by atoms with Gasteiger partial charge in [-0.1, -0.05) is 0 Å². The molecule has 0 radical (unpaired) electrons. The van der Waals surface area contributed by atoms with Crippen LogP contribution in [0, 0.1) is 5.92 Å². The lowest BCUT2D eigenvalue weighted by molar-refractivity contribution is -0.143. The first-order valence-corrected chi connectivity index (χ1v) is 4.10. The number of rotatable bonds is 1. The lowest BCUT2D eigenvalue weighted by Crippen LogP contribution is -2.32. The average molecular weight is 179 g/mol. The molecule has 0 aliphatic heterocycles. The third kappa shape index (κ3) is 2.07. The molecule has 2 N–H and O–H groups in total. The first-order chi connectivity index (χ1) is 5.11. The van der Waals surface area contributed by atoms with Gasteiger partial charge in [0, 0.05) is 0 Å². The van der Waals surface area contributed by atoms with Crippen LogP contribution in [0.4, 0.5) is 0 Å². The lowest BCUT2D eigenvalue weighted by Gasteiger charge is -2.26. The lowest BCUT2D eigenvalue weighted by atomic mass is 9.87. The number of carbonyl (C=O) groups is 1. The average Bonchev–Trinajstić information content (AvgIpc) is 1.94. The van der Waals surface area contributed by atoms with E-state index in [4.69, 9.17) is 21.8 Å². The highest BCUT2D eigenvalue weighted by Crippen LogP contribution is 2.28. The van der Waals surface area contributed by atoms with E-state index in [9.17, 15) is 4.79 Å². The van der Waals surface area contributed by atoms with Gasteiger partial charge in [-0.25, -0.2) is 0 Å². The summed E-state index contributed by atoms with van der Waals surface area (Å²) in [5.41, 5.74) is 0. The minimum Gasteiger partial charge on any atom is -0.481 e. The van der Waals surface area contributed by atoms with Gasteiger partial charge >= 0.3 is 5.97 Å². The Morgan fingerprint density at radius 3 is 2.55 bits per heavy atom. The van der Waals surface area contributed by atoms with Gasteiger partial charge in [0.2, 0.25) is 0 Å². The molecule has 0 aromatic heterocycles. The molecule has 0 spiro atoms. The first kappa shape index (κ1) is 8.81. The molecule has 0 unspecified atom stereocenters. The predicted molar refractivity (Wildman–Crippen MR) is 40.6 cm³/mol. The number of halogens is 1. The number of carboxylic acid groups (broad SMARTS) is 1. The Hall–Kier alpha value is -0.280. The molecule has 3 nitrogen and oxygen atoms in total. The van der Waals surface area contributed by atoms with Crippen LogP contribution in [0.3, 0.4) is 0 Å². The van der Waals surface area contributed by atoms with Gasteiger partial charge in [-0.15, -0.1) is 11.6 Å². The summed E-state index contributed by atoms with van der Waals surface area (Å²) in [5, 5.41) is 17.4. The molecule has 1 fully saturated rings. The van der Waals surface area contributed by atoms with E-state index in [1.807, 2.05) is 0 Å². The van der Waals surface area contributed by atoms with Crippen LogP contribution in [0.5, 0.6) is 0 Å². The Balaban J connectivity index is 2.46. The third-order valence-electron chi connectivity index (χ3n) is 2.09. The van der Waals surface area contributed by atoms with Crippen LogP contribution >= 0.6 is 11.6 Å². The molecule has 0 heterocycles. The molecule has 0 aromatic rings. The van der Waals surface area contributed by atoms with Crippen molar-refractivity contribution in [3.05, 3.63) is 0 Å². The molecular weight excluding hydrogens is 168 g/mol. The van der Waals surface area contributed by atoms with Gasteiger partial charge in [-0.3, -0.25) is 4.79 Å². The first-order valence-electron chi connectivity index (χ1n) is 3.66. The Morgan fingerprint density at radius 2 is 2.09 bits per heavy atom. The number of hydrogen-bond donors (Lipinski definition) is 2. The van der Waals surface area contributed by atoms with Crippen molar-refractivity contribution in [1.29, 1.82) is 0 Å². The molecule has 64 valence electrons. The minimum absolute atomic E-state index is 0.360. The van der Waals surface area contributed by atoms with E-state index < -0.39 is 12.1 Å². The van der Waals surface area contributed by atoms with Crippen molar-refractivity contribution in [2.45, 2.75) is 30.7 Å². The Morgan fingerprint density at radius 1 is 1.45 bits per heavy atom. The van der Waals surface area contributed by atoms with Gasteiger partial charge in [0.15, 0.2) is 0 Å². The number of aliphatic hydroxyl groups excluding tert-OH is 1. The molecule has 11 heavy (non-hydrogen) atoms. The number of carboxylic acids is 1. The highest BCUT2D eigenvalue weighted by Gasteiger charge is 2.31. The fourth-order valence-corrected chi connectivity index (χ4v) is 1.66. The maximum absolute atomic E-state index is 10.5. The highest BCUT2D eigenvalue weighted by atomic mass is 35.5. The van der Waals surface area contributed by atoms with Crippen molar-refractivity contribution < 1.29 is 15.0 Å². The number of hydrogen-bond acceptors (Lipinski definition) is 2. The van der Waals surface area contributed by atoms with Crippen LogP contribution in [-0.2, 0) is 4.79 Å². The molecule has 0 aromatic carbocycles. The maximum atomic E-state index is 10.5. The van der Waals surface area contributed by atoms with Gasteiger partial charge < -0.3 is 10.2 Å². The third-order valence-corrected chi connectivity index (χ3v) is 2.56. The van der Waals surface area contributed by atoms with Gasteiger partial charge in [0.05, 0.1) is 17.4 Å². The van der Waals surface area contributed by atoms with E-state index in [0.717, 1.165) is 0 Å². The zero-order valence-electron chi connectivity index (χ0n) is 6.03. The number of aliphatic carboxylic acids is 1. The van der Waals surface area contributed by atoms with Crippen LogP contribution in [0.1, 0.15) is 19.3 Å². The zero-order chi connectivity index (χ0) is 8.43. The Bertz CT molecular complexity index is 160. The van der Waals surface area contributed by atoms with Crippen LogP contribution in [0.25, 0.3) is 0 Å². The highest BCUT2D eigenvalue weighted by molar-refractivity contribution is 6.21. The molecule has 3 atom stereocenters. The quantitative estimate of drug-likeness (QED) is 0.585. The molecule has 1 saturated carbocycles. The van der Waals surface area contributed by atoms with Gasteiger partial charge in [-0.2, -0.15) is 0 Å². The summed E-state index contributed by atoms with van der Waals surface area (Å²) in [4.78, 5) is 10.5. The monoisotopic (exact) mass is 178 g/mol. The standard InChI is InChI=1S/C7H11ClO3/c8-5-3-4(7(10)11)1-2-6(5)9/h4-6,9H,1-3H2,(H,10,11)/t4-,5-,6-/m1/s1. The molecule has 1 rings (SSSR count). The van der Waals surface area contributed by atoms with E-state index in [2.05, 4.69) is 0 Å². The summed E-state index contributed by atoms with van der Waals surface area (Å²) in [6, 6.07) is 0. The van der Waals surface area contributed by atoms with Gasteiger partial charge in [-0.05, 0) is 19.3 Å². The predicted octanol–water partition coefficient (Wildman–Crippen LogP) is 0.839. The van der Waals surface area contributed by atoms with Crippen LogP contribution in [0.2, 0.25) is 0 Å². The second kappa shape index (κ2) is 3.41. The smallest absolute Gasteiger partial charge is 0.306 e. The van der Waals surface area contributed by atoms with Crippen molar-refractivity contribution in [2.75, 3.05) is 0 Å². The van der Waals surface area contributed by atoms with Crippen molar-refractivity contribution in [1.82, 2.24) is 0 Å². The van der Waals surface area contributed by atoms with Gasteiger partial charge in [0.25, 0.3) is 0 Å². The van der Waals surface area contributed by atoms with Crippen LogP contribution in [0.15, 0.2) is 0 Å². The van der Waals surface area contributed by atoms with E-state index in [-0.39, 0.29) is 11.3 Å². The van der Waals surface area contributed by atoms with E-state index in [0.29, 0.717) is 19.3 Å². The van der Waals surface area contributed by atoms with E-state index >= 15 is 0 Å². The largest absolute Gasteiger partial charge is 0.481 e. The summed E-state index contributed by atoms with van der Waals surface area (Å²) in [6.45, 7) is 0. The fourth-order valence-electron chi connectivity index (χ4n) is 1.32. The summed E-state index contributed by atoms with van der Waals surface area (Å²) in [6.07, 6.45) is 0.912. The molecule has 0 amide bonds. The molecule has 1 aliphatic carbocycles. The minimum atomic E-state index is -0.803. The maximum Gasteiger partial charge on any atom is 0.306 e. The van der Waals surface area contributed by atoms with Crippen molar-refractivity contribution >= 4 is 17.6 Å². The second-order valence-electron chi connectivity index (χ2n) is 2.93. The van der Waals surface area contributed by atoms with Crippen LogP contribution in [-0.4, -0.2) is 27.7 Å². The molecule has 1 aliphatic rings. The van der Waals surface area contributed by atoms with Crippen molar-refractivity contribution in [3.8, 4) is 0 Å². The summed E-state index contributed by atoms with van der Waals surface area (Å²) in [5.74, 6) is -1.16. The summed E-state index contributed by atoms with van der Waals surface area (Å²) in [7, 11) is 0. The van der Waals surface area contributed by atoms with Crippen LogP contribution < -0.4 is 0 Å². The number of alkyl halides is 1. The summed E-state index contributed by atoms with van der Waals surface area (Å²) < 4.78 is 0. The molecule has 0 bridgehead atoms. The Kier molecular flexibility index (Phi) is 2.73. The van der Waals surface area contributed by atoms with Gasteiger partial charge in [0.1, 0.15) is 0 Å².